The summed E-state index contributed by atoms with van der Waals surface area (Å²) in [6.45, 7) is 5.10. The lowest BCUT2D eigenvalue weighted by Gasteiger charge is -2.29. The van der Waals surface area contributed by atoms with E-state index in [0.717, 1.165) is 37.2 Å². The molecule has 1 fully saturated rings. The smallest absolute Gasteiger partial charge is 0.253 e. The van der Waals surface area contributed by atoms with Gasteiger partial charge in [0.05, 0.1) is 6.61 Å². The van der Waals surface area contributed by atoms with E-state index in [9.17, 15) is 4.79 Å². The Morgan fingerprint density at radius 2 is 1.96 bits per heavy atom. The molecule has 4 nitrogen and oxygen atoms in total. The molecule has 124 valence electrons. The van der Waals surface area contributed by atoms with Crippen LogP contribution in [0.1, 0.15) is 33.5 Å². The Morgan fingerprint density at radius 3 is 2.79 bits per heavy atom. The van der Waals surface area contributed by atoms with Gasteiger partial charge in [-0.1, -0.05) is 48.0 Å². The highest BCUT2D eigenvalue weighted by Crippen LogP contribution is 2.29. The van der Waals surface area contributed by atoms with Crippen LogP contribution in [0.15, 0.2) is 48.5 Å². The first-order chi connectivity index (χ1) is 11.6. The molecule has 0 aromatic heterocycles. The van der Waals surface area contributed by atoms with Gasteiger partial charge in [-0.05, 0) is 24.1 Å². The molecule has 2 heterocycles. The molecule has 1 spiro atoms. The molecule has 1 atom stereocenters. The second kappa shape index (κ2) is 6.04. The number of hydrogen-bond acceptors (Lipinski definition) is 3. The average Bonchev–Trinajstić information content (AvgIpc) is 2.91. The van der Waals surface area contributed by atoms with Gasteiger partial charge in [-0.2, -0.15) is 0 Å². The summed E-state index contributed by atoms with van der Waals surface area (Å²) in [4.78, 5) is 14.9. The Kier molecular flexibility index (Phi) is 3.87. The molecule has 1 N–H and O–H groups in total. The number of fused-ring (bicyclic) bond motifs is 1. The first-order valence-electron chi connectivity index (χ1n) is 8.46. The minimum Gasteiger partial charge on any atom is -0.350 e. The van der Waals surface area contributed by atoms with Crippen LogP contribution in [-0.2, 0) is 17.9 Å². The fourth-order valence-electron chi connectivity index (χ4n) is 3.56. The number of rotatable bonds is 2. The number of amides is 1. The van der Waals surface area contributed by atoms with Crippen molar-refractivity contribution in [3.63, 3.8) is 0 Å². The number of aryl methyl sites for hydroxylation is 1. The molecular weight excluding hydrogens is 300 g/mol. The zero-order chi connectivity index (χ0) is 16.6. The zero-order valence-corrected chi connectivity index (χ0v) is 13.9. The number of carbonyl (C=O) groups is 1. The summed E-state index contributed by atoms with van der Waals surface area (Å²) in [5, 5.41) is 3.13. The van der Waals surface area contributed by atoms with Crippen LogP contribution < -0.4 is 5.32 Å². The molecule has 0 radical (unpaired) electrons. The Labute approximate surface area is 142 Å². The predicted molar refractivity (Wildman–Crippen MR) is 92.5 cm³/mol. The molecular formula is C20H22N2O2. The van der Waals surface area contributed by atoms with E-state index in [-0.39, 0.29) is 5.91 Å². The molecule has 0 saturated carbocycles. The van der Waals surface area contributed by atoms with Crippen molar-refractivity contribution in [2.75, 3.05) is 13.1 Å². The molecule has 1 saturated heterocycles. The Balaban J connectivity index is 1.48. The van der Waals surface area contributed by atoms with Crippen LogP contribution >= 0.6 is 0 Å². The van der Waals surface area contributed by atoms with Crippen molar-refractivity contribution in [2.45, 2.75) is 32.2 Å². The van der Waals surface area contributed by atoms with Crippen molar-refractivity contribution >= 4 is 5.91 Å². The van der Waals surface area contributed by atoms with Gasteiger partial charge in [-0.3, -0.25) is 9.69 Å². The van der Waals surface area contributed by atoms with Crippen LogP contribution in [0.25, 0.3) is 0 Å². The third kappa shape index (κ3) is 2.95. The molecule has 2 aliphatic heterocycles. The van der Waals surface area contributed by atoms with Crippen LogP contribution in [0.4, 0.5) is 0 Å². The Morgan fingerprint density at radius 1 is 1.17 bits per heavy atom. The van der Waals surface area contributed by atoms with Crippen LogP contribution in [0.5, 0.6) is 0 Å². The van der Waals surface area contributed by atoms with Crippen LogP contribution in [0.2, 0.25) is 0 Å². The normalized spacial score (nSPS) is 23.8. The summed E-state index contributed by atoms with van der Waals surface area (Å²) in [6, 6.07) is 16.3. The van der Waals surface area contributed by atoms with Gasteiger partial charge in [-0.25, -0.2) is 0 Å². The van der Waals surface area contributed by atoms with Crippen molar-refractivity contribution in [1.82, 2.24) is 10.2 Å². The van der Waals surface area contributed by atoms with Crippen LogP contribution in [0.3, 0.4) is 0 Å². The minimum atomic E-state index is -0.569. The first-order valence-corrected chi connectivity index (χ1v) is 8.46. The molecule has 4 rings (SSSR count). The molecule has 4 heteroatoms. The molecule has 2 aliphatic rings. The molecule has 1 amide bonds. The maximum atomic E-state index is 12.6. The van der Waals surface area contributed by atoms with Gasteiger partial charge >= 0.3 is 0 Å². The van der Waals surface area contributed by atoms with E-state index in [1.165, 1.54) is 11.1 Å². The minimum absolute atomic E-state index is 0.0275. The largest absolute Gasteiger partial charge is 0.350 e. The van der Waals surface area contributed by atoms with Crippen molar-refractivity contribution in [1.29, 1.82) is 0 Å². The van der Waals surface area contributed by atoms with E-state index in [4.69, 9.17) is 4.74 Å². The second-order valence-electron chi connectivity index (χ2n) is 6.84. The number of likely N-dealkylation sites (tertiary alicyclic amines) is 1. The summed E-state index contributed by atoms with van der Waals surface area (Å²) >= 11 is 0. The van der Waals surface area contributed by atoms with Gasteiger partial charge in [0.25, 0.3) is 5.91 Å². The third-order valence-corrected chi connectivity index (χ3v) is 4.94. The standard InChI is InChI=1S/C20H22N2O2/c1-15-6-8-16(9-7-15)12-22-11-10-20(14-22)21-19(23)18-5-3-2-4-17(18)13-24-20/h2-9H,10-14H2,1H3,(H,21,23). The Hall–Kier alpha value is -2.17. The lowest BCUT2D eigenvalue weighted by molar-refractivity contribution is -0.0629. The number of hydrogen-bond donors (Lipinski definition) is 1. The molecule has 2 aromatic rings. The zero-order valence-electron chi connectivity index (χ0n) is 13.9. The van der Waals surface area contributed by atoms with Crippen LogP contribution in [0, 0.1) is 6.92 Å². The topological polar surface area (TPSA) is 41.6 Å². The molecule has 0 aliphatic carbocycles. The van der Waals surface area contributed by atoms with E-state index in [0.29, 0.717) is 6.61 Å². The van der Waals surface area contributed by atoms with Gasteiger partial charge in [0.1, 0.15) is 0 Å². The Bertz CT molecular complexity index is 756. The quantitative estimate of drug-likeness (QED) is 0.924. The highest BCUT2D eigenvalue weighted by atomic mass is 16.5. The maximum Gasteiger partial charge on any atom is 0.253 e. The molecule has 0 bridgehead atoms. The lowest BCUT2D eigenvalue weighted by Crippen LogP contribution is -2.51. The maximum absolute atomic E-state index is 12.6. The van der Waals surface area contributed by atoms with Crippen molar-refractivity contribution in [3.8, 4) is 0 Å². The number of benzene rings is 2. The van der Waals surface area contributed by atoms with Crippen LogP contribution in [-0.4, -0.2) is 29.6 Å². The SMILES string of the molecule is Cc1ccc(CN2CCC3(C2)NC(=O)c2ccccc2CO3)cc1. The van der Waals surface area contributed by atoms with Gasteiger partial charge in [-0.15, -0.1) is 0 Å². The summed E-state index contributed by atoms with van der Waals surface area (Å²) in [5.74, 6) is -0.0275. The number of nitrogens with one attached hydrogen (secondary N) is 1. The molecule has 1 unspecified atom stereocenters. The van der Waals surface area contributed by atoms with E-state index in [2.05, 4.69) is 41.4 Å². The van der Waals surface area contributed by atoms with Gasteiger partial charge in [0.2, 0.25) is 0 Å². The fourth-order valence-corrected chi connectivity index (χ4v) is 3.56. The van der Waals surface area contributed by atoms with Crippen molar-refractivity contribution < 1.29 is 9.53 Å². The highest BCUT2D eigenvalue weighted by Gasteiger charge is 2.42. The first kappa shape index (κ1) is 15.4. The lowest BCUT2D eigenvalue weighted by atomic mass is 10.1. The monoisotopic (exact) mass is 322 g/mol. The van der Waals surface area contributed by atoms with E-state index in [1.54, 1.807) is 0 Å². The third-order valence-electron chi connectivity index (χ3n) is 4.94. The predicted octanol–water partition coefficient (Wildman–Crippen LogP) is 2.86. The van der Waals surface area contributed by atoms with E-state index in [1.807, 2.05) is 24.3 Å². The summed E-state index contributed by atoms with van der Waals surface area (Å²) in [6.07, 6.45) is 0.818. The average molecular weight is 322 g/mol. The second-order valence-corrected chi connectivity index (χ2v) is 6.84. The summed E-state index contributed by atoms with van der Waals surface area (Å²) in [7, 11) is 0. The van der Waals surface area contributed by atoms with Crippen molar-refractivity contribution in [2.24, 2.45) is 0 Å². The van der Waals surface area contributed by atoms with Gasteiger partial charge in [0.15, 0.2) is 5.72 Å². The molecule has 24 heavy (non-hydrogen) atoms. The van der Waals surface area contributed by atoms with E-state index >= 15 is 0 Å². The number of ether oxygens (including phenoxy) is 1. The molecule has 2 aromatic carbocycles. The van der Waals surface area contributed by atoms with Gasteiger partial charge < -0.3 is 10.1 Å². The van der Waals surface area contributed by atoms with Crippen molar-refractivity contribution in [3.05, 3.63) is 70.8 Å². The van der Waals surface area contributed by atoms with E-state index < -0.39 is 5.72 Å². The summed E-state index contributed by atoms with van der Waals surface area (Å²) < 4.78 is 6.16. The number of nitrogens with zero attached hydrogens (tertiary/aromatic N) is 1. The summed E-state index contributed by atoms with van der Waals surface area (Å²) in [5.41, 5.74) is 3.69. The van der Waals surface area contributed by atoms with Gasteiger partial charge in [0, 0.05) is 31.6 Å². The number of carbonyl (C=O) groups excluding carboxylic acids is 1. The fraction of sp³-hybridized carbons (Fsp3) is 0.350. The highest BCUT2D eigenvalue weighted by molar-refractivity contribution is 5.96.